The topological polar surface area (TPSA) is 51.2 Å². The van der Waals surface area contributed by atoms with Gasteiger partial charge in [-0.3, -0.25) is 9.78 Å². The van der Waals surface area contributed by atoms with E-state index >= 15 is 0 Å². The zero-order valence-corrected chi connectivity index (χ0v) is 11.7. The predicted molar refractivity (Wildman–Crippen MR) is 73.9 cm³/mol. The molecule has 0 aliphatic heterocycles. The molecule has 2 rings (SSSR count). The SMILES string of the molecule is COC1(CNC(=O)c2ccncc2)CCC(C)CC1. The zero-order chi connectivity index (χ0) is 13.7. The Bertz CT molecular complexity index is 411. The molecule has 0 saturated heterocycles. The Morgan fingerprint density at radius 2 is 2.05 bits per heavy atom. The molecule has 1 aliphatic rings. The standard InChI is InChI=1S/C15H22N2O2/c1-12-3-7-15(19-2,8-4-12)11-17-14(18)13-5-9-16-10-6-13/h5-6,9-10,12H,3-4,7-8,11H2,1-2H3,(H,17,18). The van der Waals surface area contributed by atoms with Gasteiger partial charge < -0.3 is 10.1 Å². The van der Waals surface area contributed by atoms with Gasteiger partial charge in [-0.2, -0.15) is 0 Å². The first-order chi connectivity index (χ1) is 9.15. The van der Waals surface area contributed by atoms with Crippen LogP contribution in [0.25, 0.3) is 0 Å². The molecule has 1 aromatic heterocycles. The zero-order valence-electron chi connectivity index (χ0n) is 11.7. The molecule has 0 aromatic carbocycles. The molecule has 4 heteroatoms. The molecule has 0 bridgehead atoms. The van der Waals surface area contributed by atoms with E-state index in [2.05, 4.69) is 17.2 Å². The van der Waals surface area contributed by atoms with Gasteiger partial charge in [0.15, 0.2) is 0 Å². The number of carbonyl (C=O) groups excluding carboxylic acids is 1. The van der Waals surface area contributed by atoms with Crippen LogP contribution >= 0.6 is 0 Å². The summed E-state index contributed by atoms with van der Waals surface area (Å²) in [6.07, 6.45) is 7.62. The third-order valence-electron chi connectivity index (χ3n) is 4.13. The number of pyridine rings is 1. The second-order valence-corrected chi connectivity index (χ2v) is 5.49. The van der Waals surface area contributed by atoms with E-state index in [9.17, 15) is 4.79 Å². The summed E-state index contributed by atoms with van der Waals surface area (Å²) in [5.74, 6) is 0.705. The number of ether oxygens (including phenoxy) is 1. The Balaban J connectivity index is 1.91. The summed E-state index contributed by atoms with van der Waals surface area (Å²) in [6, 6.07) is 3.44. The fraction of sp³-hybridized carbons (Fsp3) is 0.600. The summed E-state index contributed by atoms with van der Waals surface area (Å²) in [4.78, 5) is 15.9. The molecular formula is C15H22N2O2. The van der Waals surface area contributed by atoms with Crippen LogP contribution in [0.4, 0.5) is 0 Å². The van der Waals surface area contributed by atoms with E-state index in [1.807, 2.05) is 0 Å². The van der Waals surface area contributed by atoms with Crippen LogP contribution in [0.2, 0.25) is 0 Å². The first kappa shape index (κ1) is 14.0. The molecule has 0 radical (unpaired) electrons. The monoisotopic (exact) mass is 262 g/mol. The van der Waals surface area contributed by atoms with Gasteiger partial charge in [0.1, 0.15) is 0 Å². The molecule has 0 unspecified atom stereocenters. The summed E-state index contributed by atoms with van der Waals surface area (Å²) in [5, 5.41) is 2.98. The highest BCUT2D eigenvalue weighted by atomic mass is 16.5. The van der Waals surface area contributed by atoms with Gasteiger partial charge in [0.2, 0.25) is 0 Å². The fourth-order valence-corrected chi connectivity index (χ4v) is 2.59. The van der Waals surface area contributed by atoms with Crippen LogP contribution in [-0.4, -0.2) is 30.1 Å². The van der Waals surface area contributed by atoms with Gasteiger partial charge in [0, 0.05) is 31.6 Å². The number of nitrogens with one attached hydrogen (secondary N) is 1. The van der Waals surface area contributed by atoms with E-state index < -0.39 is 0 Å². The third kappa shape index (κ3) is 3.53. The lowest BCUT2D eigenvalue weighted by Crippen LogP contribution is -2.46. The maximum atomic E-state index is 12.0. The average molecular weight is 262 g/mol. The first-order valence-corrected chi connectivity index (χ1v) is 6.88. The highest BCUT2D eigenvalue weighted by Crippen LogP contribution is 2.33. The lowest BCUT2D eigenvalue weighted by molar-refractivity contribution is -0.0446. The van der Waals surface area contributed by atoms with Crippen LogP contribution in [0.1, 0.15) is 43.0 Å². The highest BCUT2D eigenvalue weighted by molar-refractivity contribution is 5.93. The second kappa shape index (κ2) is 6.15. The molecule has 1 saturated carbocycles. The Kier molecular flexibility index (Phi) is 4.53. The maximum absolute atomic E-state index is 12.0. The lowest BCUT2D eigenvalue weighted by Gasteiger charge is -2.38. The lowest BCUT2D eigenvalue weighted by atomic mass is 9.79. The number of hydrogen-bond acceptors (Lipinski definition) is 3. The molecule has 1 aromatic rings. The third-order valence-corrected chi connectivity index (χ3v) is 4.13. The minimum atomic E-state index is -0.185. The summed E-state index contributed by atoms with van der Waals surface area (Å²) < 4.78 is 5.69. The summed E-state index contributed by atoms with van der Waals surface area (Å²) >= 11 is 0. The van der Waals surface area contributed by atoms with E-state index in [0.717, 1.165) is 18.8 Å². The smallest absolute Gasteiger partial charge is 0.251 e. The Hall–Kier alpha value is -1.42. The molecule has 1 amide bonds. The Labute approximate surface area is 114 Å². The van der Waals surface area contributed by atoms with Gasteiger partial charge >= 0.3 is 0 Å². The van der Waals surface area contributed by atoms with Crippen molar-refractivity contribution in [1.82, 2.24) is 10.3 Å². The molecule has 104 valence electrons. The first-order valence-electron chi connectivity index (χ1n) is 6.88. The average Bonchev–Trinajstić information content (AvgIpc) is 2.48. The molecule has 0 spiro atoms. The van der Waals surface area contributed by atoms with E-state index in [4.69, 9.17) is 4.74 Å². The quantitative estimate of drug-likeness (QED) is 0.906. The number of methoxy groups -OCH3 is 1. The Morgan fingerprint density at radius 1 is 1.42 bits per heavy atom. The van der Waals surface area contributed by atoms with Crippen molar-refractivity contribution in [3.63, 3.8) is 0 Å². The van der Waals surface area contributed by atoms with Gasteiger partial charge in [-0.05, 0) is 43.7 Å². The van der Waals surface area contributed by atoms with E-state index in [1.165, 1.54) is 12.8 Å². The Morgan fingerprint density at radius 3 is 2.63 bits per heavy atom. The summed E-state index contributed by atoms with van der Waals surface area (Å²) in [5.41, 5.74) is 0.459. The second-order valence-electron chi connectivity index (χ2n) is 5.49. The van der Waals surface area contributed by atoms with Gasteiger partial charge in [-0.25, -0.2) is 0 Å². The normalized spacial score (nSPS) is 26.9. The van der Waals surface area contributed by atoms with Gasteiger partial charge in [-0.15, -0.1) is 0 Å². The molecule has 1 fully saturated rings. The van der Waals surface area contributed by atoms with Gasteiger partial charge in [0.25, 0.3) is 5.91 Å². The number of carbonyl (C=O) groups is 1. The number of amides is 1. The van der Waals surface area contributed by atoms with Crippen LogP contribution in [0.5, 0.6) is 0 Å². The van der Waals surface area contributed by atoms with E-state index in [0.29, 0.717) is 12.1 Å². The summed E-state index contributed by atoms with van der Waals surface area (Å²) in [6.45, 7) is 2.85. The molecule has 19 heavy (non-hydrogen) atoms. The van der Waals surface area contributed by atoms with Crippen molar-refractivity contribution in [3.8, 4) is 0 Å². The molecule has 1 heterocycles. The van der Waals surface area contributed by atoms with Crippen molar-refractivity contribution in [1.29, 1.82) is 0 Å². The number of hydrogen-bond donors (Lipinski definition) is 1. The molecule has 1 N–H and O–H groups in total. The number of nitrogens with zero attached hydrogens (tertiary/aromatic N) is 1. The maximum Gasteiger partial charge on any atom is 0.251 e. The molecular weight excluding hydrogens is 240 g/mol. The van der Waals surface area contributed by atoms with Crippen molar-refractivity contribution in [3.05, 3.63) is 30.1 Å². The van der Waals surface area contributed by atoms with Crippen molar-refractivity contribution >= 4 is 5.91 Å². The minimum absolute atomic E-state index is 0.0579. The van der Waals surface area contributed by atoms with Crippen LogP contribution < -0.4 is 5.32 Å². The fourth-order valence-electron chi connectivity index (χ4n) is 2.59. The predicted octanol–water partition coefficient (Wildman–Crippen LogP) is 2.41. The van der Waals surface area contributed by atoms with E-state index in [1.54, 1.807) is 31.6 Å². The van der Waals surface area contributed by atoms with E-state index in [-0.39, 0.29) is 11.5 Å². The number of rotatable bonds is 4. The van der Waals surface area contributed by atoms with Crippen molar-refractivity contribution in [2.75, 3.05) is 13.7 Å². The van der Waals surface area contributed by atoms with Crippen molar-refractivity contribution in [2.45, 2.75) is 38.2 Å². The van der Waals surface area contributed by atoms with Crippen LogP contribution in [0.15, 0.2) is 24.5 Å². The van der Waals surface area contributed by atoms with Crippen molar-refractivity contribution in [2.24, 2.45) is 5.92 Å². The largest absolute Gasteiger partial charge is 0.376 e. The highest BCUT2D eigenvalue weighted by Gasteiger charge is 2.34. The van der Waals surface area contributed by atoms with Crippen LogP contribution in [-0.2, 0) is 4.74 Å². The van der Waals surface area contributed by atoms with Gasteiger partial charge in [-0.1, -0.05) is 6.92 Å². The molecule has 1 aliphatic carbocycles. The van der Waals surface area contributed by atoms with Gasteiger partial charge in [0.05, 0.1) is 5.60 Å². The van der Waals surface area contributed by atoms with Crippen LogP contribution in [0, 0.1) is 5.92 Å². The minimum Gasteiger partial charge on any atom is -0.376 e. The molecule has 0 atom stereocenters. The summed E-state index contributed by atoms with van der Waals surface area (Å²) in [7, 11) is 1.74. The number of aromatic nitrogens is 1. The molecule has 4 nitrogen and oxygen atoms in total. The van der Waals surface area contributed by atoms with Crippen molar-refractivity contribution < 1.29 is 9.53 Å². The van der Waals surface area contributed by atoms with Crippen LogP contribution in [0.3, 0.4) is 0 Å².